The van der Waals surface area contributed by atoms with E-state index in [0.717, 1.165) is 12.1 Å². The van der Waals surface area contributed by atoms with Gasteiger partial charge < -0.3 is 5.32 Å². The molecule has 1 aliphatic rings. The van der Waals surface area contributed by atoms with Gasteiger partial charge in [-0.1, -0.05) is 24.3 Å². The summed E-state index contributed by atoms with van der Waals surface area (Å²) in [5.41, 5.74) is 3.70. The fourth-order valence-corrected chi connectivity index (χ4v) is 3.48. The zero-order chi connectivity index (χ0) is 13.1. The van der Waals surface area contributed by atoms with E-state index < -0.39 is 0 Å². The predicted octanol–water partition coefficient (Wildman–Crippen LogP) is 3.79. The van der Waals surface area contributed by atoms with Crippen LogP contribution in [0.4, 0.5) is 0 Å². The molecular weight excluding hydrogens is 252 g/mol. The minimum absolute atomic E-state index is 0.456. The Kier molecular flexibility index (Phi) is 3.63. The number of aryl methyl sites for hydroxylation is 1. The molecule has 0 radical (unpaired) electrons. The molecule has 0 saturated heterocycles. The highest BCUT2D eigenvalue weighted by molar-refractivity contribution is 7.10. The second-order valence-corrected chi connectivity index (χ2v) is 5.93. The largest absolute Gasteiger partial charge is 0.305 e. The Morgan fingerprint density at radius 1 is 1.37 bits per heavy atom. The Morgan fingerprint density at radius 3 is 3.11 bits per heavy atom. The van der Waals surface area contributed by atoms with Gasteiger partial charge in [0.1, 0.15) is 6.07 Å². The van der Waals surface area contributed by atoms with E-state index in [1.807, 2.05) is 11.4 Å². The lowest BCUT2D eigenvalue weighted by atomic mass is 9.88. The maximum Gasteiger partial charge on any atom is 0.100 e. The molecule has 19 heavy (non-hydrogen) atoms. The molecule has 0 amide bonds. The Bertz CT molecular complexity index is 609. The lowest BCUT2D eigenvalue weighted by Gasteiger charge is -2.26. The summed E-state index contributed by atoms with van der Waals surface area (Å²) in [5.74, 6) is 0. The maximum absolute atomic E-state index is 8.83. The van der Waals surface area contributed by atoms with Crippen molar-refractivity contribution in [3.63, 3.8) is 0 Å². The number of benzene rings is 1. The second kappa shape index (κ2) is 5.56. The highest BCUT2D eigenvalue weighted by Gasteiger charge is 2.19. The number of nitriles is 1. The van der Waals surface area contributed by atoms with Crippen molar-refractivity contribution in [1.29, 1.82) is 5.26 Å². The van der Waals surface area contributed by atoms with Gasteiger partial charge in [-0.25, -0.2) is 0 Å². The van der Waals surface area contributed by atoms with Crippen molar-refractivity contribution in [1.82, 2.24) is 5.32 Å². The summed E-state index contributed by atoms with van der Waals surface area (Å²) in [7, 11) is 0. The average molecular weight is 268 g/mol. The van der Waals surface area contributed by atoms with Crippen molar-refractivity contribution < 1.29 is 0 Å². The molecule has 1 aromatic heterocycles. The van der Waals surface area contributed by atoms with Crippen molar-refractivity contribution >= 4 is 11.3 Å². The van der Waals surface area contributed by atoms with Crippen LogP contribution in [0.15, 0.2) is 35.7 Å². The monoisotopic (exact) mass is 268 g/mol. The van der Waals surface area contributed by atoms with Crippen LogP contribution in [0.2, 0.25) is 0 Å². The lowest BCUT2D eigenvalue weighted by molar-refractivity contribution is 0.461. The molecule has 2 aromatic rings. The van der Waals surface area contributed by atoms with Crippen LogP contribution in [0.25, 0.3) is 0 Å². The van der Waals surface area contributed by atoms with E-state index in [4.69, 9.17) is 5.26 Å². The maximum atomic E-state index is 8.83. The van der Waals surface area contributed by atoms with Crippen molar-refractivity contribution in [2.75, 3.05) is 0 Å². The number of hydrogen-bond donors (Lipinski definition) is 1. The highest BCUT2D eigenvalue weighted by Crippen LogP contribution is 2.29. The smallest absolute Gasteiger partial charge is 0.100 e. The van der Waals surface area contributed by atoms with Crippen LogP contribution in [0.3, 0.4) is 0 Å². The molecule has 3 rings (SSSR count). The fraction of sp³-hybridized carbons (Fsp3) is 0.312. The molecule has 1 N–H and O–H groups in total. The average Bonchev–Trinajstić information content (AvgIpc) is 2.93. The summed E-state index contributed by atoms with van der Waals surface area (Å²) in [5, 5.41) is 14.4. The molecule has 1 aliphatic carbocycles. The molecule has 0 aliphatic heterocycles. The number of nitrogens with zero attached hydrogens (tertiary/aromatic N) is 1. The molecule has 1 unspecified atom stereocenters. The van der Waals surface area contributed by atoms with Crippen molar-refractivity contribution in [2.45, 2.75) is 31.8 Å². The van der Waals surface area contributed by atoms with E-state index >= 15 is 0 Å². The summed E-state index contributed by atoms with van der Waals surface area (Å²) in [6, 6.07) is 13.3. The van der Waals surface area contributed by atoms with Gasteiger partial charge in [0, 0.05) is 22.8 Å². The number of fused-ring (bicyclic) bond motifs is 1. The molecule has 1 aromatic carbocycles. The van der Waals surface area contributed by atoms with Crippen LogP contribution in [-0.4, -0.2) is 0 Å². The van der Waals surface area contributed by atoms with Crippen molar-refractivity contribution in [3.8, 4) is 6.07 Å². The van der Waals surface area contributed by atoms with Gasteiger partial charge in [-0.2, -0.15) is 5.26 Å². The van der Waals surface area contributed by atoms with Gasteiger partial charge in [-0.05, 0) is 36.5 Å². The normalized spacial score (nSPS) is 17.7. The molecular formula is C16H16N2S. The molecule has 0 bridgehead atoms. The van der Waals surface area contributed by atoms with E-state index in [1.54, 1.807) is 11.3 Å². The van der Waals surface area contributed by atoms with E-state index in [9.17, 15) is 0 Å². The van der Waals surface area contributed by atoms with Gasteiger partial charge in [-0.15, -0.1) is 11.3 Å². The Hall–Kier alpha value is -1.63. The van der Waals surface area contributed by atoms with Gasteiger partial charge in [0.05, 0.1) is 5.56 Å². The van der Waals surface area contributed by atoms with Crippen LogP contribution < -0.4 is 5.32 Å². The van der Waals surface area contributed by atoms with Crippen LogP contribution in [0.5, 0.6) is 0 Å². The van der Waals surface area contributed by atoms with Gasteiger partial charge >= 0.3 is 0 Å². The first kappa shape index (κ1) is 12.4. The summed E-state index contributed by atoms with van der Waals surface area (Å²) >= 11 is 1.66. The molecule has 0 fully saturated rings. The van der Waals surface area contributed by atoms with Crippen LogP contribution in [0, 0.1) is 11.3 Å². The molecule has 0 spiro atoms. The quantitative estimate of drug-likeness (QED) is 0.919. The number of nitrogens with one attached hydrogen (secondary N) is 1. The molecule has 0 saturated carbocycles. The summed E-state index contributed by atoms with van der Waals surface area (Å²) in [6.07, 6.45) is 3.65. The highest BCUT2D eigenvalue weighted by atomic mass is 32.1. The Morgan fingerprint density at radius 2 is 2.26 bits per heavy atom. The summed E-state index contributed by atoms with van der Waals surface area (Å²) in [4.78, 5) is 1.24. The van der Waals surface area contributed by atoms with Gasteiger partial charge in [-0.3, -0.25) is 0 Å². The van der Waals surface area contributed by atoms with Crippen molar-refractivity contribution in [3.05, 3.63) is 57.3 Å². The first-order chi connectivity index (χ1) is 9.36. The third kappa shape index (κ3) is 2.70. The third-order valence-corrected chi connectivity index (χ3v) is 4.61. The standard InChI is InChI=1S/C16H16N2S/c17-9-12-8-14(19-11-12)10-18-16-7-3-5-13-4-1-2-6-15(13)16/h1-2,4,6,8,11,16,18H,3,5,7,10H2. The van der Waals surface area contributed by atoms with Crippen LogP contribution in [0.1, 0.15) is 40.5 Å². The number of thiophene rings is 1. The molecule has 96 valence electrons. The van der Waals surface area contributed by atoms with Crippen molar-refractivity contribution in [2.24, 2.45) is 0 Å². The van der Waals surface area contributed by atoms with Gasteiger partial charge in [0.25, 0.3) is 0 Å². The third-order valence-electron chi connectivity index (χ3n) is 3.67. The van der Waals surface area contributed by atoms with Gasteiger partial charge in [0.2, 0.25) is 0 Å². The summed E-state index contributed by atoms with van der Waals surface area (Å²) in [6.45, 7) is 0.853. The van der Waals surface area contributed by atoms with Crippen LogP contribution in [-0.2, 0) is 13.0 Å². The minimum atomic E-state index is 0.456. The van der Waals surface area contributed by atoms with Gasteiger partial charge in [0.15, 0.2) is 0 Å². The molecule has 3 heteroatoms. The Labute approximate surface area is 117 Å². The van der Waals surface area contributed by atoms with E-state index in [0.29, 0.717) is 6.04 Å². The molecule has 2 nitrogen and oxygen atoms in total. The predicted molar refractivity (Wildman–Crippen MR) is 78.0 cm³/mol. The summed E-state index contributed by atoms with van der Waals surface area (Å²) < 4.78 is 0. The first-order valence-electron chi connectivity index (χ1n) is 6.65. The zero-order valence-electron chi connectivity index (χ0n) is 10.7. The van der Waals surface area contributed by atoms with Crippen LogP contribution >= 0.6 is 11.3 Å². The molecule has 1 atom stereocenters. The van der Waals surface area contributed by atoms with E-state index in [1.165, 1.54) is 35.3 Å². The Balaban J connectivity index is 1.70. The molecule has 1 heterocycles. The number of hydrogen-bond acceptors (Lipinski definition) is 3. The SMILES string of the molecule is N#Cc1csc(CNC2CCCc3ccccc32)c1. The van der Waals surface area contributed by atoms with E-state index in [-0.39, 0.29) is 0 Å². The number of rotatable bonds is 3. The first-order valence-corrected chi connectivity index (χ1v) is 7.53. The topological polar surface area (TPSA) is 35.8 Å². The zero-order valence-corrected chi connectivity index (χ0v) is 11.5. The van der Waals surface area contributed by atoms with E-state index in [2.05, 4.69) is 35.7 Å². The minimum Gasteiger partial charge on any atom is -0.305 e. The fourth-order valence-electron chi connectivity index (χ4n) is 2.72. The lowest BCUT2D eigenvalue weighted by Crippen LogP contribution is -2.24. The second-order valence-electron chi connectivity index (χ2n) is 4.94.